The van der Waals surface area contributed by atoms with Crippen LogP contribution in [0.2, 0.25) is 0 Å². The van der Waals surface area contributed by atoms with Crippen molar-refractivity contribution >= 4 is 90.8 Å². The van der Waals surface area contributed by atoms with Gasteiger partial charge in [0.1, 0.15) is 33.7 Å². The Morgan fingerprint density at radius 1 is 0.886 bits per heavy atom. The molecule has 2 heterocycles. The average molecular weight is 1160 g/mol. The fourth-order valence-corrected chi connectivity index (χ4v) is 12.4. The molecule has 2 aliphatic heterocycles. The van der Waals surface area contributed by atoms with Gasteiger partial charge in [-0.15, -0.1) is 11.8 Å². The summed E-state index contributed by atoms with van der Waals surface area (Å²) in [5.74, 6) is -15.0. The highest BCUT2D eigenvalue weighted by atomic mass is 32.2. The second-order valence-corrected chi connectivity index (χ2v) is 22.6. The lowest BCUT2D eigenvalue weighted by Crippen LogP contribution is -2.43. The van der Waals surface area contributed by atoms with Crippen LogP contribution in [0.25, 0.3) is 22.3 Å². The lowest BCUT2D eigenvalue weighted by Gasteiger charge is -2.29. The number of ether oxygens (including phenoxy) is 2. The van der Waals surface area contributed by atoms with Gasteiger partial charge in [0, 0.05) is 83.6 Å². The molecule has 79 heavy (non-hydrogen) atoms. The van der Waals surface area contributed by atoms with E-state index in [0.29, 0.717) is 42.2 Å². The number of likely N-dealkylation sites (tertiary alicyclic amines) is 1. The van der Waals surface area contributed by atoms with Crippen molar-refractivity contribution in [2.24, 2.45) is 5.92 Å². The smallest absolute Gasteiger partial charge is 0.327 e. The monoisotopic (exact) mass is 1160 g/mol. The number of hydrogen-bond donors (Lipinski definition) is 7. The summed E-state index contributed by atoms with van der Waals surface area (Å²) in [4.78, 5) is 88.8. The summed E-state index contributed by atoms with van der Waals surface area (Å²) in [5, 5.41) is 37.2. The van der Waals surface area contributed by atoms with E-state index in [-0.39, 0.29) is 79.8 Å². The second kappa shape index (κ2) is 26.9. The van der Waals surface area contributed by atoms with Crippen LogP contribution in [0.3, 0.4) is 0 Å². The highest BCUT2D eigenvalue weighted by Gasteiger charge is 2.43. The Hall–Kier alpha value is -6.85. The maximum Gasteiger partial charge on any atom is 0.327 e. The molecule has 2 aromatic carbocycles. The molecule has 7 N–H and O–H groups in total. The predicted molar refractivity (Wildman–Crippen MR) is 279 cm³/mol. The molecule has 0 aromatic heterocycles. The molecule has 5 unspecified atom stereocenters. The van der Waals surface area contributed by atoms with Crippen molar-refractivity contribution in [1.82, 2.24) is 15.5 Å². The Bertz CT molecular complexity index is 3220. The van der Waals surface area contributed by atoms with Crippen LogP contribution < -0.4 is 26.1 Å². The zero-order chi connectivity index (χ0) is 57.1. The van der Waals surface area contributed by atoms with Crippen molar-refractivity contribution in [3.63, 3.8) is 0 Å². The number of halogens is 3. The van der Waals surface area contributed by atoms with Crippen molar-refractivity contribution in [2.75, 3.05) is 54.5 Å². The summed E-state index contributed by atoms with van der Waals surface area (Å²) < 4.78 is 113. The Morgan fingerprint density at radius 3 is 2.29 bits per heavy atom. The number of carbonyl (C=O) groups is 6. The van der Waals surface area contributed by atoms with Crippen molar-refractivity contribution < 1.29 is 88.3 Å². The molecule has 2 aromatic rings. The van der Waals surface area contributed by atoms with Gasteiger partial charge in [-0.1, -0.05) is 38.2 Å². The molecule has 2 fully saturated rings. The molecule has 1 saturated carbocycles. The summed E-state index contributed by atoms with van der Waals surface area (Å²) in [6.07, 6.45) is 7.77. The second-order valence-electron chi connectivity index (χ2n) is 18.7. The number of phenols is 1. The number of carboxylic acid groups (broad SMARTS) is 2. The number of rotatable bonds is 25. The fraction of sp³-hybridized carbons (Fsp3) is 0.431. The Balaban J connectivity index is 0.827. The number of carboxylic acids is 2. The van der Waals surface area contributed by atoms with Crippen LogP contribution in [0, 0.1) is 23.4 Å². The van der Waals surface area contributed by atoms with Crippen LogP contribution in [0.15, 0.2) is 74.4 Å². The van der Waals surface area contributed by atoms with Crippen LogP contribution in [0.5, 0.6) is 5.75 Å². The van der Waals surface area contributed by atoms with E-state index in [0.717, 1.165) is 35.9 Å². The van der Waals surface area contributed by atoms with E-state index in [1.54, 1.807) is 6.07 Å². The highest BCUT2D eigenvalue weighted by molar-refractivity contribution is 8.00. The quantitative estimate of drug-likeness (QED) is 0.0154. The Kier molecular flexibility index (Phi) is 20.3. The van der Waals surface area contributed by atoms with E-state index in [2.05, 4.69) is 16.0 Å². The van der Waals surface area contributed by atoms with Gasteiger partial charge in [-0.25, -0.2) is 31.3 Å². The first-order valence-electron chi connectivity index (χ1n) is 25.0. The number of hydrogen-bond acceptors (Lipinski definition) is 17. The van der Waals surface area contributed by atoms with Crippen molar-refractivity contribution in [3.05, 3.63) is 93.6 Å². The van der Waals surface area contributed by atoms with Crippen LogP contribution in [-0.2, 0) is 59.3 Å². The number of aliphatic carboxylic acids is 2. The normalized spacial score (nSPS) is 18.9. The van der Waals surface area contributed by atoms with Crippen LogP contribution in [0.1, 0.15) is 75.7 Å². The highest BCUT2D eigenvalue weighted by Crippen LogP contribution is 2.45. The van der Waals surface area contributed by atoms with E-state index in [9.17, 15) is 70.5 Å². The molecule has 1 saturated heterocycles. The minimum absolute atomic E-state index is 0.0153. The van der Waals surface area contributed by atoms with Gasteiger partial charge in [0.15, 0.2) is 32.7 Å². The summed E-state index contributed by atoms with van der Waals surface area (Å²) in [6, 6.07) is 6.27. The molecular weight excluding hydrogens is 1110 g/mol. The first kappa shape index (κ1) is 59.8. The number of fused-ring (bicyclic) bond motifs is 2. The van der Waals surface area contributed by atoms with Crippen LogP contribution in [0.4, 0.5) is 24.5 Å². The third kappa shape index (κ3) is 14.9. The Labute approximate surface area is 456 Å². The lowest BCUT2D eigenvalue weighted by atomic mass is 9.78. The summed E-state index contributed by atoms with van der Waals surface area (Å²) in [7, 11) is -4.90. The molecule has 5 atom stereocenters. The molecule has 0 spiro atoms. The number of anilines is 2. The number of aromatic hydroxyl groups is 1. The van der Waals surface area contributed by atoms with E-state index in [1.165, 1.54) is 53.3 Å². The van der Waals surface area contributed by atoms with Gasteiger partial charge < -0.3 is 54.4 Å². The largest absolute Gasteiger partial charge is 0.755 e. The molecule has 4 amide bonds. The number of allylic oxidation sites excluding steroid dienone is 2. The molecule has 7 rings (SSSR count). The van der Waals surface area contributed by atoms with Crippen molar-refractivity contribution in [1.29, 1.82) is 0 Å². The van der Waals surface area contributed by atoms with Gasteiger partial charge in [-0.3, -0.25) is 33.0 Å². The van der Waals surface area contributed by atoms with E-state index in [4.69, 9.17) is 13.9 Å². The number of sulfone groups is 1. The maximum absolute atomic E-state index is 15.7. The van der Waals surface area contributed by atoms with Crippen molar-refractivity contribution in [2.45, 2.75) is 92.4 Å². The van der Waals surface area contributed by atoms with Crippen molar-refractivity contribution in [3.8, 4) is 17.1 Å². The van der Waals surface area contributed by atoms with Crippen LogP contribution >= 0.6 is 11.8 Å². The molecule has 0 bridgehead atoms. The molecule has 5 aliphatic rings. The topological polar surface area (TPSA) is 337 Å². The number of nitrogens with zero attached hydrogens (tertiary/aromatic N) is 1. The minimum Gasteiger partial charge on any atom is -0.755 e. The van der Waals surface area contributed by atoms with Gasteiger partial charge >= 0.3 is 11.9 Å². The number of phenolic OH excluding ortho intramolecular Hbond substituents is 1. The zero-order valence-corrected chi connectivity index (χ0v) is 44.4. The first-order chi connectivity index (χ1) is 37.6. The predicted octanol–water partition coefficient (Wildman–Crippen LogP) is 4.82. The molecular formula is C51H55F3N5O17S3-. The maximum atomic E-state index is 15.7. The van der Waals surface area contributed by atoms with Gasteiger partial charge in [0.25, 0.3) is 0 Å². The number of imide groups is 1. The zero-order valence-electron chi connectivity index (χ0n) is 42.0. The summed E-state index contributed by atoms with van der Waals surface area (Å²) >= 11 is -2.47. The first-order valence-corrected chi connectivity index (χ1v) is 28.7. The summed E-state index contributed by atoms with van der Waals surface area (Å²) in [5.41, 5.74) is -1.66. The Morgan fingerprint density at radius 2 is 1.59 bits per heavy atom. The molecule has 0 radical (unpaired) electrons. The number of amides is 4. The average Bonchev–Trinajstić information content (AvgIpc) is 3.76. The number of thioether (sulfide) groups is 1. The van der Waals surface area contributed by atoms with Gasteiger partial charge in [-0.05, 0) is 54.8 Å². The van der Waals surface area contributed by atoms with E-state index >= 15 is 8.78 Å². The standard InChI is InChI=1S/C51H56F3N5O17S3/c52-43-44(53)48(47(45(54)46(43)58-78(70)71)56-27-6-4-2-1-3-5-7-27)79(72,73)21-15-39(62)55-16-18-75-20-19-74-17-14-40(63)57-35(51(68)69)26-77-38-25-41(64)59(49(38)65)28-8-11-31(34(22-28)50(66)67)42-32-12-9-29(60)23-36(32)76-37-24-30(61)10-13-33(37)42/h8-13,22-24,27,31,34-35,38,56,58,60H,1-7,14-21,25-26H2,(H,55,62)(H,57,63)(H,66,67)(H,68,69)(H,70,71)/p-1. The van der Waals surface area contributed by atoms with E-state index in [1.807, 2.05) is 0 Å². The molecule has 22 nitrogen and oxygen atoms in total. The fourth-order valence-electron chi connectivity index (χ4n) is 9.43. The molecule has 28 heteroatoms. The number of carbonyl (C=O) groups excluding carboxylic acids is 4. The molecule has 3 aliphatic carbocycles. The molecule has 426 valence electrons. The van der Waals surface area contributed by atoms with Crippen LogP contribution in [-0.4, -0.2) is 135 Å². The van der Waals surface area contributed by atoms with Gasteiger partial charge in [0.2, 0.25) is 23.6 Å². The third-order valence-corrected chi connectivity index (χ3v) is 16.7. The number of nitrogens with one attached hydrogen (secondary N) is 4. The number of benzene rings is 3. The third-order valence-electron chi connectivity index (χ3n) is 13.2. The van der Waals surface area contributed by atoms with Gasteiger partial charge in [-0.2, -0.15) is 0 Å². The summed E-state index contributed by atoms with van der Waals surface area (Å²) in [6.45, 7) is -0.491. The SMILES string of the molecule is O=C(CCS(=O)(=O)c1c(F)c(F)c(NS(=O)[O-])c(F)c1NC1CCCCCCC1)NCCOCCOCCC(=O)NC(CSC1CC(=O)N(C2=CC(C(=O)O)C(c3c4ccc(=O)cc-4oc4cc(O)ccc34)C=C2)C1=O)C(=O)O. The lowest BCUT2D eigenvalue weighted by molar-refractivity contribution is -0.141. The minimum atomic E-state index is -4.90. The van der Waals surface area contributed by atoms with E-state index < -0.39 is 132 Å². The van der Waals surface area contributed by atoms with Gasteiger partial charge in [0.05, 0.1) is 49.0 Å².